The Morgan fingerprint density at radius 1 is 1.73 bits per heavy atom. The Bertz CT molecular complexity index is 281. The van der Waals surface area contributed by atoms with Gasteiger partial charge in [0.05, 0.1) is 0 Å². The lowest BCUT2D eigenvalue weighted by Gasteiger charge is -2.21. The van der Waals surface area contributed by atoms with E-state index in [4.69, 9.17) is 4.74 Å². The van der Waals surface area contributed by atoms with Crippen LogP contribution in [0.1, 0.15) is 26.2 Å². The average Bonchev–Trinajstić information content (AvgIpc) is 2.26. The standard InChI is InChI=1S/C12H17BrO2/c1-9(2)11-5-3-10(4-6-11)8-15-12(14)7-13/h3,11H,1,4-8H2,2H3/t11-/m1/s1. The van der Waals surface area contributed by atoms with E-state index in [-0.39, 0.29) is 11.3 Å². The summed E-state index contributed by atoms with van der Waals surface area (Å²) in [5, 5.41) is 0.272. The zero-order valence-corrected chi connectivity index (χ0v) is 10.7. The summed E-state index contributed by atoms with van der Waals surface area (Å²) >= 11 is 3.06. The predicted molar refractivity (Wildman–Crippen MR) is 65.0 cm³/mol. The maximum Gasteiger partial charge on any atom is 0.316 e. The monoisotopic (exact) mass is 272 g/mol. The second kappa shape index (κ2) is 6.11. The first-order valence-corrected chi connectivity index (χ1v) is 6.30. The molecule has 0 heterocycles. The van der Waals surface area contributed by atoms with Crippen LogP contribution in [0.15, 0.2) is 23.8 Å². The molecule has 2 nitrogen and oxygen atoms in total. The molecule has 0 saturated carbocycles. The number of carbonyl (C=O) groups is 1. The highest BCUT2D eigenvalue weighted by Crippen LogP contribution is 2.28. The highest BCUT2D eigenvalue weighted by atomic mass is 79.9. The van der Waals surface area contributed by atoms with E-state index in [9.17, 15) is 4.79 Å². The van der Waals surface area contributed by atoms with E-state index < -0.39 is 0 Å². The van der Waals surface area contributed by atoms with Crippen molar-refractivity contribution in [3.05, 3.63) is 23.8 Å². The largest absolute Gasteiger partial charge is 0.461 e. The summed E-state index contributed by atoms with van der Waals surface area (Å²) in [5.74, 6) is 0.415. The van der Waals surface area contributed by atoms with E-state index in [0.717, 1.165) is 19.3 Å². The van der Waals surface area contributed by atoms with Gasteiger partial charge < -0.3 is 4.74 Å². The molecule has 1 aliphatic carbocycles. The summed E-state index contributed by atoms with van der Waals surface area (Å²) in [4.78, 5) is 10.9. The quantitative estimate of drug-likeness (QED) is 0.446. The molecule has 0 spiro atoms. The van der Waals surface area contributed by atoms with Gasteiger partial charge in [0.15, 0.2) is 0 Å². The van der Waals surface area contributed by atoms with Gasteiger partial charge in [0, 0.05) is 0 Å². The van der Waals surface area contributed by atoms with Crippen molar-refractivity contribution in [3.8, 4) is 0 Å². The molecule has 0 aromatic carbocycles. The van der Waals surface area contributed by atoms with Crippen molar-refractivity contribution in [2.24, 2.45) is 5.92 Å². The number of allylic oxidation sites excluding steroid dienone is 2. The first-order chi connectivity index (χ1) is 7.13. The molecule has 0 radical (unpaired) electrons. The molecular formula is C12H17BrO2. The number of carbonyl (C=O) groups excluding carboxylic acids is 1. The lowest BCUT2D eigenvalue weighted by atomic mass is 9.86. The molecule has 0 aromatic heterocycles. The van der Waals surface area contributed by atoms with E-state index in [0.29, 0.717) is 12.5 Å². The molecule has 0 fully saturated rings. The number of ether oxygens (including phenoxy) is 1. The van der Waals surface area contributed by atoms with Crippen molar-refractivity contribution in [1.82, 2.24) is 0 Å². The van der Waals surface area contributed by atoms with Crippen LogP contribution in [0.2, 0.25) is 0 Å². The van der Waals surface area contributed by atoms with Crippen LogP contribution in [0.3, 0.4) is 0 Å². The molecule has 0 aromatic rings. The van der Waals surface area contributed by atoms with E-state index in [2.05, 4.69) is 35.5 Å². The van der Waals surface area contributed by atoms with Gasteiger partial charge in [0.25, 0.3) is 0 Å². The Kier molecular flexibility index (Phi) is 5.09. The minimum atomic E-state index is -0.196. The van der Waals surface area contributed by atoms with Gasteiger partial charge in [-0.15, -0.1) is 0 Å². The van der Waals surface area contributed by atoms with Crippen LogP contribution in [0.5, 0.6) is 0 Å². The Hall–Kier alpha value is -0.570. The number of rotatable bonds is 4. The number of hydrogen-bond acceptors (Lipinski definition) is 2. The van der Waals surface area contributed by atoms with E-state index in [1.54, 1.807) is 0 Å². The molecular weight excluding hydrogens is 256 g/mol. The van der Waals surface area contributed by atoms with Crippen LogP contribution in [0.4, 0.5) is 0 Å². The van der Waals surface area contributed by atoms with Crippen LogP contribution in [-0.2, 0) is 9.53 Å². The zero-order valence-electron chi connectivity index (χ0n) is 9.09. The maximum atomic E-state index is 10.9. The SMILES string of the molecule is C=C(C)[C@@H]1CC=C(COC(=O)CBr)CC1. The van der Waals surface area contributed by atoms with Gasteiger partial charge in [-0.05, 0) is 37.7 Å². The van der Waals surface area contributed by atoms with Crippen LogP contribution in [-0.4, -0.2) is 17.9 Å². The maximum absolute atomic E-state index is 10.9. The Balaban J connectivity index is 2.34. The minimum Gasteiger partial charge on any atom is -0.461 e. The second-order valence-electron chi connectivity index (χ2n) is 3.97. The lowest BCUT2D eigenvalue weighted by molar-refractivity contribution is -0.139. The summed E-state index contributed by atoms with van der Waals surface area (Å²) < 4.78 is 5.05. The first kappa shape index (κ1) is 12.5. The predicted octanol–water partition coefficient (Wildman–Crippen LogP) is 3.23. The Labute approximate surface area is 99.5 Å². The average molecular weight is 273 g/mol. The van der Waals surface area contributed by atoms with Crippen LogP contribution >= 0.6 is 15.9 Å². The highest BCUT2D eigenvalue weighted by Gasteiger charge is 2.15. The third-order valence-electron chi connectivity index (χ3n) is 2.73. The molecule has 15 heavy (non-hydrogen) atoms. The van der Waals surface area contributed by atoms with Gasteiger partial charge in [0.1, 0.15) is 11.9 Å². The topological polar surface area (TPSA) is 26.3 Å². The van der Waals surface area contributed by atoms with Gasteiger partial charge in [0.2, 0.25) is 0 Å². The van der Waals surface area contributed by atoms with Gasteiger partial charge in [-0.1, -0.05) is 34.2 Å². The molecule has 0 N–H and O–H groups in total. The van der Waals surface area contributed by atoms with Gasteiger partial charge >= 0.3 is 5.97 Å². The fourth-order valence-corrected chi connectivity index (χ4v) is 1.84. The first-order valence-electron chi connectivity index (χ1n) is 5.18. The molecule has 0 unspecified atom stereocenters. The third kappa shape index (κ3) is 4.20. The second-order valence-corrected chi connectivity index (χ2v) is 4.54. The molecule has 0 saturated heterocycles. The third-order valence-corrected chi connectivity index (χ3v) is 3.19. The van der Waals surface area contributed by atoms with Crippen molar-refractivity contribution in [2.75, 3.05) is 11.9 Å². The summed E-state index contributed by atoms with van der Waals surface area (Å²) in [6, 6.07) is 0. The van der Waals surface area contributed by atoms with Crippen molar-refractivity contribution >= 4 is 21.9 Å². The summed E-state index contributed by atoms with van der Waals surface area (Å²) in [7, 11) is 0. The smallest absolute Gasteiger partial charge is 0.316 e. The Morgan fingerprint density at radius 3 is 2.93 bits per heavy atom. The lowest BCUT2D eigenvalue weighted by Crippen LogP contribution is -2.13. The van der Waals surface area contributed by atoms with Crippen molar-refractivity contribution in [1.29, 1.82) is 0 Å². The van der Waals surface area contributed by atoms with Crippen molar-refractivity contribution in [2.45, 2.75) is 26.2 Å². The number of alkyl halides is 1. The van der Waals surface area contributed by atoms with E-state index in [1.807, 2.05) is 0 Å². The molecule has 1 rings (SSSR count). The number of hydrogen-bond donors (Lipinski definition) is 0. The van der Waals surface area contributed by atoms with E-state index >= 15 is 0 Å². The number of halogens is 1. The van der Waals surface area contributed by atoms with Gasteiger partial charge in [-0.3, -0.25) is 4.79 Å². The molecule has 0 bridgehead atoms. The van der Waals surface area contributed by atoms with Gasteiger partial charge in [-0.25, -0.2) is 0 Å². The Morgan fingerprint density at radius 2 is 2.47 bits per heavy atom. The zero-order chi connectivity index (χ0) is 11.3. The summed E-state index contributed by atoms with van der Waals surface area (Å²) in [5.41, 5.74) is 2.49. The van der Waals surface area contributed by atoms with Crippen LogP contribution < -0.4 is 0 Å². The number of esters is 1. The van der Waals surface area contributed by atoms with Crippen molar-refractivity contribution < 1.29 is 9.53 Å². The fraction of sp³-hybridized carbons (Fsp3) is 0.583. The fourth-order valence-electron chi connectivity index (χ4n) is 1.68. The van der Waals surface area contributed by atoms with E-state index in [1.165, 1.54) is 11.1 Å². The van der Waals surface area contributed by atoms with Crippen LogP contribution in [0, 0.1) is 5.92 Å². The molecule has 0 aliphatic heterocycles. The van der Waals surface area contributed by atoms with Crippen molar-refractivity contribution in [3.63, 3.8) is 0 Å². The summed E-state index contributed by atoms with van der Waals surface area (Å²) in [6.07, 6.45) is 5.38. The molecule has 84 valence electrons. The minimum absolute atomic E-state index is 0.196. The molecule has 0 amide bonds. The highest BCUT2D eigenvalue weighted by molar-refractivity contribution is 9.09. The van der Waals surface area contributed by atoms with Crippen LogP contribution in [0.25, 0.3) is 0 Å². The molecule has 3 heteroatoms. The molecule has 1 atom stereocenters. The molecule has 1 aliphatic rings. The normalized spacial score (nSPS) is 20.7. The summed E-state index contributed by atoms with van der Waals surface area (Å²) in [6.45, 7) is 6.50. The van der Waals surface area contributed by atoms with Gasteiger partial charge in [-0.2, -0.15) is 0 Å².